The smallest absolute Gasteiger partial charge is 0.327 e. The van der Waals surface area contributed by atoms with Crippen LogP contribution in [0, 0.1) is 17.0 Å². The van der Waals surface area contributed by atoms with Crippen LogP contribution in [0.5, 0.6) is 17.2 Å². The average molecular weight is 477 g/mol. The van der Waals surface area contributed by atoms with E-state index in [0.29, 0.717) is 6.54 Å². The molecular formula is C27H28N2O6. The van der Waals surface area contributed by atoms with E-state index in [1.807, 2.05) is 49.4 Å². The van der Waals surface area contributed by atoms with Crippen molar-refractivity contribution in [1.29, 1.82) is 0 Å². The molecule has 0 spiro atoms. The molecule has 1 unspecified atom stereocenters. The molecule has 0 fully saturated rings. The van der Waals surface area contributed by atoms with Crippen molar-refractivity contribution in [2.75, 3.05) is 21.3 Å². The average Bonchev–Trinajstić information content (AvgIpc) is 3.30. The maximum absolute atomic E-state index is 14.1. The minimum absolute atomic E-state index is 0.0644. The molecule has 3 aromatic rings. The number of rotatable bonds is 8. The molecule has 8 heteroatoms. The van der Waals surface area contributed by atoms with Gasteiger partial charge in [-0.2, -0.15) is 0 Å². The number of nitro groups is 1. The Morgan fingerprint density at radius 1 is 1.03 bits per heavy atom. The predicted octanol–water partition coefficient (Wildman–Crippen LogP) is 5.26. The van der Waals surface area contributed by atoms with Crippen LogP contribution in [0.2, 0.25) is 0 Å². The van der Waals surface area contributed by atoms with E-state index >= 15 is 0 Å². The first kappa shape index (κ1) is 24.1. The lowest BCUT2D eigenvalue weighted by atomic mass is 10.0. The Bertz CT molecular complexity index is 1260. The summed E-state index contributed by atoms with van der Waals surface area (Å²) in [5.41, 5.74) is 3.72. The van der Waals surface area contributed by atoms with E-state index in [0.717, 1.165) is 29.5 Å². The van der Waals surface area contributed by atoms with Gasteiger partial charge in [-0.1, -0.05) is 54.1 Å². The van der Waals surface area contributed by atoms with Crippen LogP contribution < -0.4 is 14.2 Å². The third-order valence-corrected chi connectivity index (χ3v) is 6.43. The number of carbonyl (C=O) groups is 1. The Morgan fingerprint density at radius 3 is 2.34 bits per heavy atom. The molecule has 1 amide bonds. The van der Waals surface area contributed by atoms with Crippen molar-refractivity contribution < 1.29 is 23.9 Å². The van der Waals surface area contributed by atoms with Crippen molar-refractivity contribution in [1.82, 2.24) is 4.90 Å². The summed E-state index contributed by atoms with van der Waals surface area (Å²) in [6.45, 7) is 2.30. The quantitative estimate of drug-likeness (QED) is 0.325. The van der Waals surface area contributed by atoms with Gasteiger partial charge in [-0.3, -0.25) is 14.9 Å². The lowest BCUT2D eigenvalue weighted by Crippen LogP contribution is -2.34. The summed E-state index contributed by atoms with van der Waals surface area (Å²) < 4.78 is 16.1. The molecule has 0 aliphatic heterocycles. The van der Waals surface area contributed by atoms with Crippen LogP contribution >= 0.6 is 0 Å². The van der Waals surface area contributed by atoms with Gasteiger partial charge in [0.2, 0.25) is 11.5 Å². The van der Waals surface area contributed by atoms with Gasteiger partial charge in [-0.25, -0.2) is 0 Å². The number of amides is 1. The first-order valence-corrected chi connectivity index (χ1v) is 11.3. The van der Waals surface area contributed by atoms with Gasteiger partial charge in [0.25, 0.3) is 5.91 Å². The Kier molecular flexibility index (Phi) is 6.91. The molecule has 0 radical (unpaired) electrons. The molecule has 0 aromatic heterocycles. The Morgan fingerprint density at radius 2 is 1.71 bits per heavy atom. The molecule has 35 heavy (non-hydrogen) atoms. The molecule has 1 atom stereocenters. The third-order valence-electron chi connectivity index (χ3n) is 6.43. The highest BCUT2D eigenvalue weighted by atomic mass is 16.6. The number of benzene rings is 3. The van der Waals surface area contributed by atoms with Crippen LogP contribution in [0.15, 0.2) is 54.6 Å². The van der Waals surface area contributed by atoms with Gasteiger partial charge in [-0.15, -0.1) is 0 Å². The van der Waals surface area contributed by atoms with Crippen molar-refractivity contribution >= 4 is 11.6 Å². The molecule has 8 nitrogen and oxygen atoms in total. The Labute approximate surface area is 204 Å². The summed E-state index contributed by atoms with van der Waals surface area (Å²) >= 11 is 0. The molecule has 1 aliphatic rings. The van der Waals surface area contributed by atoms with Gasteiger partial charge in [-0.05, 0) is 36.5 Å². The summed E-state index contributed by atoms with van der Waals surface area (Å²) in [7, 11) is 4.08. The Hall–Kier alpha value is -4.07. The second-order valence-electron chi connectivity index (χ2n) is 8.47. The fraction of sp³-hybridized carbons (Fsp3) is 0.296. The summed E-state index contributed by atoms with van der Waals surface area (Å²) in [5.74, 6) is -0.379. The maximum atomic E-state index is 14.1. The third kappa shape index (κ3) is 4.51. The van der Waals surface area contributed by atoms with Gasteiger partial charge in [0, 0.05) is 12.6 Å². The molecule has 1 aliphatic carbocycles. The molecule has 0 saturated carbocycles. The van der Waals surface area contributed by atoms with Crippen molar-refractivity contribution in [3.63, 3.8) is 0 Å². The van der Waals surface area contributed by atoms with Gasteiger partial charge in [0.05, 0.1) is 32.3 Å². The predicted molar refractivity (Wildman–Crippen MR) is 131 cm³/mol. The van der Waals surface area contributed by atoms with E-state index in [1.54, 1.807) is 4.90 Å². The van der Waals surface area contributed by atoms with E-state index < -0.39 is 16.5 Å². The minimum atomic E-state index is -0.610. The normalized spacial score (nSPS) is 14.2. The fourth-order valence-electron chi connectivity index (χ4n) is 4.71. The van der Waals surface area contributed by atoms with Crippen molar-refractivity contribution in [2.24, 2.45) is 0 Å². The topological polar surface area (TPSA) is 91.1 Å². The van der Waals surface area contributed by atoms with Crippen LogP contribution in [0.4, 0.5) is 5.69 Å². The summed E-state index contributed by atoms with van der Waals surface area (Å²) in [4.78, 5) is 27.4. The highest BCUT2D eigenvalue weighted by molar-refractivity contribution is 6.01. The number of nitro benzene ring substituents is 1. The van der Waals surface area contributed by atoms with Gasteiger partial charge < -0.3 is 19.1 Å². The highest BCUT2D eigenvalue weighted by Crippen LogP contribution is 2.47. The van der Waals surface area contributed by atoms with Crippen molar-refractivity contribution in [2.45, 2.75) is 32.4 Å². The summed E-state index contributed by atoms with van der Waals surface area (Å²) in [6.07, 6.45) is 1.56. The van der Waals surface area contributed by atoms with Crippen LogP contribution in [0.1, 0.15) is 45.1 Å². The van der Waals surface area contributed by atoms with Crippen molar-refractivity contribution in [3.05, 3.63) is 92.5 Å². The molecule has 0 N–H and O–H groups in total. The van der Waals surface area contributed by atoms with Crippen molar-refractivity contribution in [3.8, 4) is 17.2 Å². The van der Waals surface area contributed by atoms with E-state index in [-0.39, 0.29) is 28.9 Å². The van der Waals surface area contributed by atoms with Crippen LogP contribution in [0.3, 0.4) is 0 Å². The SMILES string of the molecule is COc1cc(C(=O)N(Cc2ccc(C)cc2)C2CCc3ccccc32)c([N+](=O)[O-])c(OC)c1OC. The number of ether oxygens (including phenoxy) is 3. The zero-order valence-corrected chi connectivity index (χ0v) is 20.2. The lowest BCUT2D eigenvalue weighted by Gasteiger charge is -2.30. The number of fused-ring (bicyclic) bond motifs is 1. The number of hydrogen-bond donors (Lipinski definition) is 0. The highest BCUT2D eigenvalue weighted by Gasteiger charge is 2.38. The molecular weight excluding hydrogens is 448 g/mol. The van der Waals surface area contributed by atoms with Crippen LogP contribution in [0.25, 0.3) is 0 Å². The van der Waals surface area contributed by atoms with Gasteiger partial charge in [0.1, 0.15) is 5.56 Å². The molecule has 0 bridgehead atoms. The maximum Gasteiger partial charge on any atom is 0.327 e. The van der Waals surface area contributed by atoms with E-state index in [1.165, 1.54) is 33.0 Å². The van der Waals surface area contributed by atoms with E-state index in [4.69, 9.17) is 14.2 Å². The monoisotopic (exact) mass is 476 g/mol. The van der Waals surface area contributed by atoms with Crippen LogP contribution in [-0.2, 0) is 13.0 Å². The first-order valence-electron chi connectivity index (χ1n) is 11.3. The standard InChI is InChI=1S/C27H28N2O6/c1-17-9-11-18(12-10-17)16-28(22-14-13-19-7-5-6-8-20(19)22)27(30)21-15-23(33-2)25(34-3)26(35-4)24(21)29(31)32/h5-12,15,22H,13-14,16H2,1-4H3. The molecule has 0 saturated heterocycles. The Balaban J connectivity index is 1.87. The number of nitrogens with zero attached hydrogens (tertiary/aromatic N) is 2. The summed E-state index contributed by atoms with van der Waals surface area (Å²) in [6, 6.07) is 17.1. The summed E-state index contributed by atoms with van der Waals surface area (Å²) in [5, 5.41) is 12.2. The van der Waals surface area contributed by atoms with E-state index in [2.05, 4.69) is 6.07 Å². The largest absolute Gasteiger partial charge is 0.493 e. The lowest BCUT2D eigenvalue weighted by molar-refractivity contribution is -0.386. The van der Waals surface area contributed by atoms with Crippen LogP contribution in [-0.4, -0.2) is 37.1 Å². The molecule has 182 valence electrons. The molecule has 0 heterocycles. The fourth-order valence-corrected chi connectivity index (χ4v) is 4.71. The number of aryl methyl sites for hydroxylation is 2. The van der Waals surface area contributed by atoms with E-state index in [9.17, 15) is 14.9 Å². The first-order chi connectivity index (χ1) is 16.9. The number of carbonyl (C=O) groups excluding carboxylic acids is 1. The second kappa shape index (κ2) is 10.0. The van der Waals surface area contributed by atoms with Gasteiger partial charge in [0.15, 0.2) is 5.75 Å². The number of methoxy groups -OCH3 is 3. The minimum Gasteiger partial charge on any atom is -0.493 e. The zero-order chi connectivity index (χ0) is 25.1. The molecule has 4 rings (SSSR count). The molecule has 3 aromatic carbocycles. The second-order valence-corrected chi connectivity index (χ2v) is 8.47. The van der Waals surface area contributed by atoms with Gasteiger partial charge >= 0.3 is 5.69 Å². The zero-order valence-electron chi connectivity index (χ0n) is 20.2. The number of hydrogen-bond acceptors (Lipinski definition) is 6.